The van der Waals surface area contributed by atoms with Crippen LogP contribution in [-0.2, 0) is 9.53 Å². The van der Waals surface area contributed by atoms with Gasteiger partial charge in [0.25, 0.3) is 0 Å². The molecule has 0 unspecified atom stereocenters. The SMILES string of the molecule is CC[C@H]1Oc2ccccc2NC(=O)[C@H]1CC(C)(C)OC(N)=O. The first kappa shape index (κ1) is 16.1. The molecule has 0 aromatic heterocycles. The molecule has 2 rings (SSSR count). The lowest BCUT2D eigenvalue weighted by atomic mass is 9.87. The normalized spacial score (nSPS) is 21.1. The van der Waals surface area contributed by atoms with Crippen LogP contribution in [-0.4, -0.2) is 23.7 Å². The van der Waals surface area contributed by atoms with Crippen LogP contribution in [0.3, 0.4) is 0 Å². The monoisotopic (exact) mass is 306 g/mol. The standard InChI is InChI=1S/C16H22N2O4/c1-4-12-10(9-16(2,3)22-15(17)20)14(19)18-11-7-5-6-8-13(11)21-12/h5-8,10,12H,4,9H2,1-3H3,(H2,17,20)(H,18,19)/t10-,12+/m0/s1. The van der Waals surface area contributed by atoms with Crippen LogP contribution in [0.15, 0.2) is 24.3 Å². The molecule has 22 heavy (non-hydrogen) atoms. The van der Waals surface area contributed by atoms with Crippen molar-refractivity contribution in [3.63, 3.8) is 0 Å². The summed E-state index contributed by atoms with van der Waals surface area (Å²) in [5.74, 6) is 0.0727. The largest absolute Gasteiger partial charge is 0.487 e. The molecule has 0 radical (unpaired) electrons. The maximum absolute atomic E-state index is 12.5. The minimum atomic E-state index is -0.851. The average molecular weight is 306 g/mol. The fraction of sp³-hybridized carbons (Fsp3) is 0.500. The molecule has 1 aliphatic rings. The molecule has 0 saturated heterocycles. The number of amides is 2. The Morgan fingerprint density at radius 1 is 1.41 bits per heavy atom. The first-order valence-electron chi connectivity index (χ1n) is 7.37. The second kappa shape index (κ2) is 6.25. The zero-order valence-electron chi connectivity index (χ0n) is 13.1. The Labute approximate surface area is 130 Å². The van der Waals surface area contributed by atoms with E-state index in [9.17, 15) is 9.59 Å². The highest BCUT2D eigenvalue weighted by Crippen LogP contribution is 2.34. The number of carbonyl (C=O) groups excluding carboxylic acids is 2. The van der Waals surface area contributed by atoms with Crippen molar-refractivity contribution in [1.82, 2.24) is 0 Å². The van der Waals surface area contributed by atoms with E-state index >= 15 is 0 Å². The lowest BCUT2D eigenvalue weighted by Crippen LogP contribution is -2.41. The molecule has 1 aliphatic heterocycles. The summed E-state index contributed by atoms with van der Waals surface area (Å²) in [5.41, 5.74) is 4.90. The number of hydrogen-bond acceptors (Lipinski definition) is 4. The van der Waals surface area contributed by atoms with Gasteiger partial charge in [-0.2, -0.15) is 0 Å². The molecule has 0 fully saturated rings. The maximum atomic E-state index is 12.5. The molecule has 0 aliphatic carbocycles. The van der Waals surface area contributed by atoms with Gasteiger partial charge in [-0.15, -0.1) is 0 Å². The molecule has 6 nitrogen and oxygen atoms in total. The van der Waals surface area contributed by atoms with Gasteiger partial charge in [-0.3, -0.25) is 4.79 Å². The van der Waals surface area contributed by atoms with Crippen molar-refractivity contribution in [3.8, 4) is 5.75 Å². The van der Waals surface area contributed by atoms with E-state index in [-0.39, 0.29) is 12.0 Å². The van der Waals surface area contributed by atoms with Gasteiger partial charge in [-0.25, -0.2) is 4.79 Å². The number of nitrogens with two attached hydrogens (primary N) is 1. The fourth-order valence-corrected chi connectivity index (χ4v) is 2.75. The number of carbonyl (C=O) groups is 2. The van der Waals surface area contributed by atoms with Crippen LogP contribution in [0, 0.1) is 5.92 Å². The lowest BCUT2D eigenvalue weighted by molar-refractivity contribution is -0.125. The van der Waals surface area contributed by atoms with Crippen molar-refractivity contribution in [2.75, 3.05) is 5.32 Å². The minimum absolute atomic E-state index is 0.141. The fourth-order valence-electron chi connectivity index (χ4n) is 2.75. The molecule has 1 heterocycles. The van der Waals surface area contributed by atoms with Crippen LogP contribution in [0.2, 0.25) is 0 Å². The Morgan fingerprint density at radius 2 is 2.09 bits per heavy atom. The number of fused-ring (bicyclic) bond motifs is 1. The van der Waals surface area contributed by atoms with Gasteiger partial charge >= 0.3 is 6.09 Å². The topological polar surface area (TPSA) is 90.7 Å². The highest BCUT2D eigenvalue weighted by molar-refractivity contribution is 5.95. The van der Waals surface area contributed by atoms with Gasteiger partial charge in [-0.05, 0) is 32.4 Å². The van der Waals surface area contributed by atoms with Gasteiger partial charge in [0.2, 0.25) is 5.91 Å². The zero-order valence-corrected chi connectivity index (χ0v) is 13.1. The van der Waals surface area contributed by atoms with Crippen molar-refractivity contribution in [1.29, 1.82) is 0 Å². The third kappa shape index (κ3) is 3.69. The Kier molecular flexibility index (Phi) is 4.59. The van der Waals surface area contributed by atoms with Crippen molar-refractivity contribution >= 4 is 17.7 Å². The number of hydrogen-bond donors (Lipinski definition) is 2. The number of para-hydroxylation sites is 2. The van der Waals surface area contributed by atoms with E-state index in [0.717, 1.165) is 0 Å². The summed E-state index contributed by atoms with van der Waals surface area (Å²) in [4.78, 5) is 23.6. The Hall–Kier alpha value is -2.24. The molecule has 6 heteroatoms. The Morgan fingerprint density at radius 3 is 2.73 bits per heavy atom. The summed E-state index contributed by atoms with van der Waals surface area (Å²) in [6.07, 6.45) is -0.149. The summed E-state index contributed by atoms with van der Waals surface area (Å²) in [7, 11) is 0. The third-order valence-electron chi connectivity index (χ3n) is 3.70. The first-order chi connectivity index (χ1) is 10.3. The van der Waals surface area contributed by atoms with Crippen molar-refractivity contribution in [3.05, 3.63) is 24.3 Å². The van der Waals surface area contributed by atoms with Gasteiger partial charge in [0.1, 0.15) is 17.5 Å². The summed E-state index contributed by atoms with van der Waals surface area (Å²) in [6.45, 7) is 5.42. The highest BCUT2D eigenvalue weighted by atomic mass is 16.6. The second-order valence-electron chi connectivity index (χ2n) is 6.04. The molecule has 2 amide bonds. The molecule has 0 saturated carbocycles. The van der Waals surface area contributed by atoms with E-state index in [4.69, 9.17) is 15.2 Å². The Balaban J connectivity index is 2.24. The predicted octanol–water partition coefficient (Wildman–Crippen LogP) is 2.68. The van der Waals surface area contributed by atoms with Gasteiger partial charge in [0.05, 0.1) is 11.6 Å². The summed E-state index contributed by atoms with van der Waals surface area (Å²) in [6, 6.07) is 7.32. The first-order valence-corrected chi connectivity index (χ1v) is 7.37. The summed E-state index contributed by atoms with van der Waals surface area (Å²) >= 11 is 0. The van der Waals surface area contributed by atoms with Gasteiger partial charge in [-0.1, -0.05) is 19.1 Å². The number of primary amides is 1. The van der Waals surface area contributed by atoms with E-state index in [1.54, 1.807) is 19.9 Å². The number of ether oxygens (including phenoxy) is 2. The second-order valence-corrected chi connectivity index (χ2v) is 6.04. The van der Waals surface area contributed by atoms with Crippen molar-refractivity contribution < 1.29 is 19.1 Å². The van der Waals surface area contributed by atoms with Crippen molar-refractivity contribution in [2.24, 2.45) is 11.7 Å². The van der Waals surface area contributed by atoms with Crippen LogP contribution in [0.5, 0.6) is 5.75 Å². The predicted molar refractivity (Wildman–Crippen MR) is 82.6 cm³/mol. The number of anilines is 1. The minimum Gasteiger partial charge on any atom is -0.487 e. The van der Waals surface area contributed by atoms with E-state index in [0.29, 0.717) is 24.3 Å². The highest BCUT2D eigenvalue weighted by Gasteiger charge is 2.38. The third-order valence-corrected chi connectivity index (χ3v) is 3.70. The van der Waals surface area contributed by atoms with Crippen LogP contribution < -0.4 is 15.8 Å². The van der Waals surface area contributed by atoms with Gasteiger partial charge < -0.3 is 20.5 Å². The molecular weight excluding hydrogens is 284 g/mol. The van der Waals surface area contributed by atoms with Crippen LogP contribution >= 0.6 is 0 Å². The average Bonchev–Trinajstić information content (AvgIpc) is 2.54. The van der Waals surface area contributed by atoms with Gasteiger partial charge in [0, 0.05) is 6.42 Å². The smallest absolute Gasteiger partial charge is 0.405 e. The molecule has 1 aromatic carbocycles. The molecule has 120 valence electrons. The number of benzene rings is 1. The van der Waals surface area contributed by atoms with E-state index < -0.39 is 17.6 Å². The summed E-state index contributed by atoms with van der Waals surface area (Å²) in [5, 5.41) is 2.88. The van der Waals surface area contributed by atoms with Crippen molar-refractivity contribution in [2.45, 2.75) is 45.3 Å². The van der Waals surface area contributed by atoms with E-state index in [1.807, 2.05) is 25.1 Å². The molecule has 0 spiro atoms. The van der Waals surface area contributed by atoms with Gasteiger partial charge in [0.15, 0.2) is 0 Å². The molecule has 1 aromatic rings. The molecule has 3 N–H and O–H groups in total. The molecular formula is C16H22N2O4. The van der Waals surface area contributed by atoms with Crippen LogP contribution in [0.4, 0.5) is 10.5 Å². The zero-order chi connectivity index (χ0) is 16.3. The Bertz CT molecular complexity index is 571. The molecule has 2 atom stereocenters. The molecule has 0 bridgehead atoms. The lowest BCUT2D eigenvalue weighted by Gasteiger charge is -2.31. The quantitative estimate of drug-likeness (QED) is 0.894. The maximum Gasteiger partial charge on any atom is 0.405 e. The van der Waals surface area contributed by atoms with E-state index in [2.05, 4.69) is 5.32 Å². The van der Waals surface area contributed by atoms with E-state index in [1.165, 1.54) is 0 Å². The summed E-state index contributed by atoms with van der Waals surface area (Å²) < 4.78 is 11.1. The number of rotatable bonds is 4. The van der Waals surface area contributed by atoms with Crippen LogP contribution in [0.1, 0.15) is 33.6 Å². The van der Waals surface area contributed by atoms with Crippen LogP contribution in [0.25, 0.3) is 0 Å². The number of nitrogens with one attached hydrogen (secondary N) is 1.